The summed E-state index contributed by atoms with van der Waals surface area (Å²) < 4.78 is 0. The Bertz CT molecular complexity index is 3220. The Hall–Kier alpha value is -7.14. The quantitative estimate of drug-likeness (QED) is 0.179. The number of nitrogens with zero attached hydrogens (tertiary/aromatic N) is 3. The Morgan fingerprint density at radius 3 is 1.76 bits per heavy atom. The smallest absolute Gasteiger partial charge is 0.160 e. The molecular formula is C54H33N3S. The van der Waals surface area contributed by atoms with E-state index in [-0.39, 0.29) is 0 Å². The molecule has 12 rings (SSSR count). The van der Waals surface area contributed by atoms with E-state index in [4.69, 9.17) is 15.0 Å². The minimum Gasteiger partial charge on any atom is -0.256 e. The number of pyridine rings is 1. The van der Waals surface area contributed by atoms with Gasteiger partial charge in [-0.05, 0) is 86.1 Å². The number of benzene rings is 8. The van der Waals surface area contributed by atoms with Crippen LogP contribution in [0.2, 0.25) is 0 Å². The standard InChI is InChI=1S/C54H33N3S/c1-2-14-36(15-3-1)53-56-48(33-49(57-53)43-23-10-16-34-13-4-5-19-39(34)43)38-27-29-51-47(32-38)54(44-24-8-6-20-41(44)42-21-7-9-25-45(42)54)46-31-37(26-28-50(46)58-51)40-22-11-17-35-18-12-30-55-52(35)40/h1-33H. The molecule has 0 bridgehead atoms. The van der Waals surface area contributed by atoms with Gasteiger partial charge in [-0.3, -0.25) is 4.98 Å². The van der Waals surface area contributed by atoms with E-state index in [2.05, 4.69) is 182 Å². The predicted molar refractivity (Wildman–Crippen MR) is 238 cm³/mol. The fraction of sp³-hybridized carbons (Fsp3) is 0.0185. The molecule has 270 valence electrons. The van der Waals surface area contributed by atoms with E-state index in [1.807, 2.05) is 30.1 Å². The molecule has 0 amide bonds. The average molecular weight is 756 g/mol. The van der Waals surface area contributed by atoms with Crippen molar-refractivity contribution in [1.82, 2.24) is 15.0 Å². The van der Waals surface area contributed by atoms with Crippen LogP contribution in [0.5, 0.6) is 0 Å². The molecule has 2 aromatic heterocycles. The van der Waals surface area contributed by atoms with E-state index in [1.165, 1.54) is 53.9 Å². The third-order valence-electron chi connectivity index (χ3n) is 12.0. The zero-order chi connectivity index (χ0) is 38.2. The number of hydrogen-bond donors (Lipinski definition) is 0. The van der Waals surface area contributed by atoms with E-state index >= 15 is 0 Å². The SMILES string of the molecule is c1ccc(-c2nc(-c3ccc4c(c3)C3(c5cc(-c6cccc7cccnc67)ccc5S4)c4ccccc4-c4ccccc43)cc(-c3cccc4ccccc34)n2)cc1. The molecule has 0 saturated carbocycles. The minimum atomic E-state index is -0.569. The molecular weight excluding hydrogens is 723 g/mol. The van der Waals surface area contributed by atoms with Gasteiger partial charge in [0.05, 0.1) is 22.3 Å². The van der Waals surface area contributed by atoms with E-state index in [0.29, 0.717) is 5.82 Å². The Kier molecular flexibility index (Phi) is 7.38. The second-order valence-electron chi connectivity index (χ2n) is 15.1. The number of hydrogen-bond acceptors (Lipinski definition) is 4. The van der Waals surface area contributed by atoms with Crippen LogP contribution >= 0.6 is 11.8 Å². The lowest BCUT2D eigenvalue weighted by molar-refractivity contribution is 0.723. The number of fused-ring (bicyclic) bond motifs is 11. The summed E-state index contributed by atoms with van der Waals surface area (Å²) in [6.07, 6.45) is 1.89. The van der Waals surface area contributed by atoms with Gasteiger partial charge < -0.3 is 0 Å². The third-order valence-corrected chi connectivity index (χ3v) is 13.2. The maximum Gasteiger partial charge on any atom is 0.160 e. The first-order valence-corrected chi connectivity index (χ1v) is 20.5. The van der Waals surface area contributed by atoms with Gasteiger partial charge in [-0.2, -0.15) is 0 Å². The Morgan fingerprint density at radius 2 is 0.966 bits per heavy atom. The van der Waals surface area contributed by atoms with Crippen molar-refractivity contribution in [2.24, 2.45) is 0 Å². The molecule has 0 unspecified atom stereocenters. The molecule has 0 saturated heterocycles. The first-order valence-electron chi connectivity index (χ1n) is 19.7. The Morgan fingerprint density at radius 1 is 0.379 bits per heavy atom. The second-order valence-corrected chi connectivity index (χ2v) is 16.2. The van der Waals surface area contributed by atoms with Crippen molar-refractivity contribution in [1.29, 1.82) is 0 Å². The van der Waals surface area contributed by atoms with Crippen LogP contribution in [-0.2, 0) is 5.41 Å². The van der Waals surface area contributed by atoms with Crippen molar-refractivity contribution < 1.29 is 0 Å². The lowest BCUT2D eigenvalue weighted by atomic mass is 9.66. The first kappa shape index (κ1) is 33.0. The van der Waals surface area contributed by atoms with Crippen LogP contribution in [0.3, 0.4) is 0 Å². The lowest BCUT2D eigenvalue weighted by Crippen LogP contribution is -2.32. The molecule has 0 atom stereocenters. The summed E-state index contributed by atoms with van der Waals surface area (Å²) in [5.74, 6) is 0.707. The van der Waals surface area contributed by atoms with Crippen LogP contribution in [-0.4, -0.2) is 15.0 Å². The summed E-state index contributed by atoms with van der Waals surface area (Å²) >= 11 is 1.86. The molecule has 2 aliphatic rings. The van der Waals surface area contributed by atoms with E-state index < -0.39 is 5.41 Å². The van der Waals surface area contributed by atoms with Crippen molar-refractivity contribution in [3.63, 3.8) is 0 Å². The summed E-state index contributed by atoms with van der Waals surface area (Å²) in [6.45, 7) is 0. The van der Waals surface area contributed by atoms with Crippen LogP contribution in [0.15, 0.2) is 210 Å². The molecule has 1 aliphatic heterocycles. The maximum atomic E-state index is 5.33. The van der Waals surface area contributed by atoms with Crippen molar-refractivity contribution in [3.8, 4) is 56.2 Å². The zero-order valence-corrected chi connectivity index (χ0v) is 32.1. The van der Waals surface area contributed by atoms with Gasteiger partial charge in [0, 0.05) is 43.6 Å². The maximum absolute atomic E-state index is 5.33. The molecule has 4 heteroatoms. The van der Waals surface area contributed by atoms with Crippen molar-refractivity contribution in [3.05, 3.63) is 223 Å². The number of rotatable bonds is 4. The molecule has 8 aromatic carbocycles. The van der Waals surface area contributed by atoms with Crippen LogP contribution in [0, 0.1) is 0 Å². The van der Waals surface area contributed by atoms with Gasteiger partial charge in [-0.25, -0.2) is 9.97 Å². The van der Waals surface area contributed by atoms with Crippen molar-refractivity contribution in [2.45, 2.75) is 15.2 Å². The lowest BCUT2D eigenvalue weighted by Gasteiger charge is -2.40. The van der Waals surface area contributed by atoms with Crippen LogP contribution in [0.25, 0.3) is 77.8 Å². The predicted octanol–water partition coefficient (Wildman–Crippen LogP) is 13.7. The molecule has 0 N–H and O–H groups in total. The highest BCUT2D eigenvalue weighted by Gasteiger charge is 2.50. The molecule has 1 aliphatic carbocycles. The fourth-order valence-electron chi connectivity index (χ4n) is 9.47. The molecule has 1 spiro atoms. The van der Waals surface area contributed by atoms with Gasteiger partial charge in [0.15, 0.2) is 5.82 Å². The van der Waals surface area contributed by atoms with Gasteiger partial charge in [0.1, 0.15) is 0 Å². The largest absolute Gasteiger partial charge is 0.256 e. The summed E-state index contributed by atoms with van der Waals surface area (Å²) in [5.41, 5.74) is 15.4. The highest BCUT2D eigenvalue weighted by atomic mass is 32.2. The zero-order valence-electron chi connectivity index (χ0n) is 31.3. The van der Waals surface area contributed by atoms with E-state index in [9.17, 15) is 0 Å². The van der Waals surface area contributed by atoms with Gasteiger partial charge in [-0.1, -0.05) is 169 Å². The third kappa shape index (κ3) is 4.92. The van der Waals surface area contributed by atoms with Gasteiger partial charge in [0.25, 0.3) is 0 Å². The van der Waals surface area contributed by atoms with E-state index in [1.54, 1.807) is 0 Å². The molecule has 0 fully saturated rings. The second kappa shape index (κ2) is 13.0. The molecule has 10 aromatic rings. The summed E-state index contributed by atoms with van der Waals surface area (Å²) in [4.78, 5) is 17.9. The molecule has 3 heterocycles. The normalized spacial score (nSPS) is 13.2. The Labute approximate surface area is 340 Å². The summed E-state index contributed by atoms with van der Waals surface area (Å²) in [6, 6.07) is 70.2. The monoisotopic (exact) mass is 755 g/mol. The molecule has 0 radical (unpaired) electrons. The van der Waals surface area contributed by atoms with Gasteiger partial charge >= 0.3 is 0 Å². The number of para-hydroxylation sites is 1. The Balaban J connectivity index is 1.13. The topological polar surface area (TPSA) is 38.7 Å². The average Bonchev–Trinajstić information content (AvgIpc) is 3.59. The highest BCUT2D eigenvalue weighted by molar-refractivity contribution is 7.99. The van der Waals surface area contributed by atoms with E-state index in [0.717, 1.165) is 50.1 Å². The van der Waals surface area contributed by atoms with Crippen LogP contribution in [0.4, 0.5) is 0 Å². The summed E-state index contributed by atoms with van der Waals surface area (Å²) in [7, 11) is 0. The van der Waals surface area contributed by atoms with Crippen molar-refractivity contribution >= 4 is 33.4 Å². The number of aromatic nitrogens is 3. The first-order chi connectivity index (χ1) is 28.7. The van der Waals surface area contributed by atoms with Crippen molar-refractivity contribution in [2.75, 3.05) is 0 Å². The minimum absolute atomic E-state index is 0.569. The van der Waals surface area contributed by atoms with Gasteiger partial charge in [0.2, 0.25) is 0 Å². The highest BCUT2D eigenvalue weighted by Crippen LogP contribution is 2.63. The van der Waals surface area contributed by atoms with Gasteiger partial charge in [-0.15, -0.1) is 0 Å². The molecule has 3 nitrogen and oxygen atoms in total. The molecule has 58 heavy (non-hydrogen) atoms. The fourth-order valence-corrected chi connectivity index (χ4v) is 10.6. The van der Waals surface area contributed by atoms with Crippen LogP contribution < -0.4 is 0 Å². The van der Waals surface area contributed by atoms with Crippen LogP contribution in [0.1, 0.15) is 22.3 Å². The summed E-state index contributed by atoms with van der Waals surface area (Å²) in [5, 5.41) is 3.49.